The van der Waals surface area contributed by atoms with Gasteiger partial charge < -0.3 is 142 Å². The molecule has 4 fully saturated rings. The molecule has 19 atom stereocenters. The lowest BCUT2D eigenvalue weighted by Gasteiger charge is -2.49. The molecule has 0 aromatic heterocycles. The number of phenols is 2. The van der Waals surface area contributed by atoms with Gasteiger partial charge in [0.2, 0.25) is 17.3 Å². The zero-order valence-corrected chi connectivity index (χ0v) is 48.5. The Kier molecular flexibility index (Phi) is 24.3. The van der Waals surface area contributed by atoms with Crippen molar-refractivity contribution in [3.05, 3.63) is 77.4 Å². The van der Waals surface area contributed by atoms with E-state index in [1.54, 1.807) is 0 Å². The third kappa shape index (κ3) is 15.8. The van der Waals surface area contributed by atoms with Gasteiger partial charge in [-0.25, -0.2) is 14.4 Å². The summed E-state index contributed by atoms with van der Waals surface area (Å²) in [7, 11) is 7.90. The van der Waals surface area contributed by atoms with Crippen molar-refractivity contribution in [1.82, 2.24) is 0 Å². The minimum Gasteiger partial charge on any atom is -0.504 e. The second kappa shape index (κ2) is 31.1. The molecule has 0 spiro atoms. The van der Waals surface area contributed by atoms with Crippen LogP contribution in [0.2, 0.25) is 0 Å². The fraction of sp³-hybridized carbons (Fsp3) is 0.526. The van der Waals surface area contributed by atoms with Gasteiger partial charge in [0.15, 0.2) is 65.6 Å². The number of carbonyl (C=O) groups is 3. The summed E-state index contributed by atoms with van der Waals surface area (Å²) in [4.78, 5) is 41.2. The Bertz CT molecular complexity index is 2900. The molecular weight excluding hydrogens is 1200 g/mol. The highest BCUT2D eigenvalue weighted by molar-refractivity contribution is 5.89. The van der Waals surface area contributed by atoms with E-state index in [2.05, 4.69) is 0 Å². The number of aliphatic hydroxyl groups excluding tert-OH is 11. The number of hydrogen-bond acceptors (Lipinski definition) is 32. The maximum Gasteiger partial charge on any atom is 0.331 e. The van der Waals surface area contributed by atoms with Crippen LogP contribution < -0.4 is 28.4 Å². The van der Waals surface area contributed by atoms with Crippen molar-refractivity contribution >= 4 is 36.1 Å². The first-order valence-corrected chi connectivity index (χ1v) is 27.1. The van der Waals surface area contributed by atoms with E-state index in [-0.39, 0.29) is 57.1 Å². The van der Waals surface area contributed by atoms with E-state index in [0.29, 0.717) is 5.56 Å². The zero-order chi connectivity index (χ0) is 65.0. The highest BCUT2D eigenvalue weighted by Gasteiger charge is 2.63. The van der Waals surface area contributed by atoms with Crippen molar-refractivity contribution in [2.75, 3.05) is 75.7 Å². The van der Waals surface area contributed by atoms with Crippen molar-refractivity contribution in [1.29, 1.82) is 0 Å². The average molecular weight is 1270 g/mol. The Labute approximate surface area is 506 Å². The van der Waals surface area contributed by atoms with Crippen molar-refractivity contribution in [3.63, 3.8) is 0 Å². The van der Waals surface area contributed by atoms with E-state index >= 15 is 0 Å². The first-order chi connectivity index (χ1) is 42.6. The van der Waals surface area contributed by atoms with Crippen LogP contribution in [0.4, 0.5) is 0 Å². The molecule has 0 amide bonds. The number of hydrogen-bond donors (Lipinski definition) is 13. The van der Waals surface area contributed by atoms with E-state index in [1.165, 1.54) is 103 Å². The predicted molar refractivity (Wildman–Crippen MR) is 295 cm³/mol. The second-order valence-electron chi connectivity index (χ2n) is 20.1. The van der Waals surface area contributed by atoms with Gasteiger partial charge in [-0.1, -0.05) is 6.07 Å². The topological polar surface area (TPSA) is 462 Å². The van der Waals surface area contributed by atoms with Crippen LogP contribution in [0, 0.1) is 0 Å². The molecular formula is C57H72O32. The van der Waals surface area contributed by atoms with Crippen LogP contribution in [-0.4, -0.2) is 276 Å². The molecule has 0 radical (unpaired) electrons. The van der Waals surface area contributed by atoms with E-state index in [9.17, 15) is 80.8 Å². The van der Waals surface area contributed by atoms with E-state index in [4.69, 9.17) is 75.8 Å². The fourth-order valence-corrected chi connectivity index (χ4v) is 9.88. The lowest BCUT2D eigenvalue weighted by Crippen LogP contribution is -2.67. The van der Waals surface area contributed by atoms with Crippen molar-refractivity contribution in [2.24, 2.45) is 0 Å². The van der Waals surface area contributed by atoms with E-state index < -0.39 is 167 Å². The molecule has 4 heterocycles. The number of aliphatic hydroxyl groups is 11. The molecule has 3 aromatic carbocycles. The molecule has 89 heavy (non-hydrogen) atoms. The molecule has 32 heteroatoms. The van der Waals surface area contributed by atoms with Gasteiger partial charge in [-0.2, -0.15) is 0 Å². The van der Waals surface area contributed by atoms with Gasteiger partial charge in [0, 0.05) is 18.2 Å². The van der Waals surface area contributed by atoms with Crippen LogP contribution in [0.1, 0.15) is 16.7 Å². The number of carbonyl (C=O) groups excluding carboxylic acids is 3. The van der Waals surface area contributed by atoms with Gasteiger partial charge in [0.1, 0.15) is 92.6 Å². The molecule has 32 nitrogen and oxygen atoms in total. The minimum atomic E-state index is -2.92. The molecule has 492 valence electrons. The van der Waals surface area contributed by atoms with Crippen LogP contribution in [0.3, 0.4) is 0 Å². The molecule has 4 aliphatic rings. The van der Waals surface area contributed by atoms with E-state index in [0.717, 1.165) is 18.2 Å². The molecule has 4 aliphatic heterocycles. The largest absolute Gasteiger partial charge is 0.504 e. The number of phenolic OH excluding ortho intramolecular Hbond substituents is 2. The fourth-order valence-electron chi connectivity index (χ4n) is 9.88. The second-order valence-corrected chi connectivity index (χ2v) is 20.1. The highest BCUT2D eigenvalue weighted by Crippen LogP contribution is 2.43. The summed E-state index contributed by atoms with van der Waals surface area (Å²) in [6, 6.07) is 9.69. The third-order valence-corrected chi connectivity index (χ3v) is 14.6. The molecule has 7 rings (SSSR count). The van der Waals surface area contributed by atoms with Crippen LogP contribution in [0.5, 0.6) is 46.0 Å². The van der Waals surface area contributed by atoms with Crippen molar-refractivity contribution in [2.45, 2.75) is 116 Å². The third-order valence-electron chi connectivity index (χ3n) is 14.6. The normalized spacial score (nSPS) is 32.2. The van der Waals surface area contributed by atoms with Gasteiger partial charge in [-0.3, -0.25) is 0 Å². The minimum absolute atomic E-state index is 0.0173. The Morgan fingerprint density at radius 3 is 1.51 bits per heavy atom. The molecule has 13 N–H and O–H groups in total. The molecule has 0 saturated carbocycles. The smallest absolute Gasteiger partial charge is 0.331 e. The number of benzene rings is 3. The number of ether oxygens (including phenoxy) is 16. The predicted octanol–water partition coefficient (Wildman–Crippen LogP) is -3.49. The van der Waals surface area contributed by atoms with Crippen molar-refractivity contribution in [3.8, 4) is 46.0 Å². The van der Waals surface area contributed by atoms with Gasteiger partial charge >= 0.3 is 17.9 Å². The van der Waals surface area contributed by atoms with Crippen LogP contribution in [-0.2, 0) is 61.8 Å². The quantitative estimate of drug-likeness (QED) is 0.0211. The summed E-state index contributed by atoms with van der Waals surface area (Å²) >= 11 is 0. The molecule has 0 bridgehead atoms. The average Bonchev–Trinajstić information content (AvgIpc) is 1.76. The van der Waals surface area contributed by atoms with E-state index in [1.807, 2.05) is 0 Å². The van der Waals surface area contributed by atoms with Gasteiger partial charge in [0.25, 0.3) is 0 Å². The summed E-state index contributed by atoms with van der Waals surface area (Å²) < 4.78 is 90.1. The Balaban J connectivity index is 1.24. The Morgan fingerprint density at radius 2 is 0.955 bits per heavy atom. The summed E-state index contributed by atoms with van der Waals surface area (Å²) in [6.07, 6.45) is -30.2. The van der Waals surface area contributed by atoms with Crippen LogP contribution in [0.25, 0.3) is 18.2 Å². The number of methoxy groups -OCH3 is 6. The van der Waals surface area contributed by atoms with Crippen LogP contribution in [0.15, 0.2) is 60.7 Å². The molecule has 0 unspecified atom stereocenters. The Morgan fingerprint density at radius 1 is 0.483 bits per heavy atom. The number of aromatic hydroxyl groups is 2. The summed E-state index contributed by atoms with van der Waals surface area (Å²) in [5, 5.41) is 141. The molecule has 0 aliphatic carbocycles. The Hall–Kier alpha value is -7.03. The monoisotopic (exact) mass is 1270 g/mol. The number of esters is 3. The summed E-state index contributed by atoms with van der Waals surface area (Å²) in [5.74, 6) is -6.45. The zero-order valence-electron chi connectivity index (χ0n) is 48.5. The first kappa shape index (κ1) is 69.4. The SMILES string of the molecule is COc1cc(/C=C/C(=O)O[C@@H]2[C@@H](CO)O[C@@](CO)(O[C@H]3O[C@H](COC(=O)/C=C/c4cc(OC)c(O)c(OC)c4)[C@@H](O)[C@H](O)[C@H]3O[C@@H]3O[C@H](CO)[C@@H](O[C@@H]4O[C@H](CO)[C@@H](O)[C@H](O)[C@H]4O)[C@H](O)[C@H]3O)[C@H]2OC(=O)/C=C/c2cc(OC)c(OC)c(OC)c2)ccc1O. The summed E-state index contributed by atoms with van der Waals surface area (Å²) in [5.41, 5.74) is 0.856. The molecule has 3 aromatic rings. The molecule has 4 saturated heterocycles. The lowest BCUT2D eigenvalue weighted by atomic mass is 9.96. The first-order valence-electron chi connectivity index (χ1n) is 27.1. The van der Waals surface area contributed by atoms with Gasteiger partial charge in [-0.05, 0) is 71.3 Å². The van der Waals surface area contributed by atoms with Gasteiger partial charge in [0.05, 0.1) is 62.5 Å². The number of rotatable bonds is 26. The lowest BCUT2D eigenvalue weighted by molar-refractivity contribution is -0.412. The van der Waals surface area contributed by atoms with Crippen LogP contribution >= 0.6 is 0 Å². The maximum atomic E-state index is 14.1. The summed E-state index contributed by atoms with van der Waals surface area (Å²) in [6.45, 7) is -5.39. The standard InChI is InChI=1S/C57H72O32/c1-74-29-15-25(7-11-28(29)62)8-13-39(64)84-51-36(22-60)88-57(24-61,53(51)85-40(65)14-10-27-18-32(77-4)49(79-6)33(19-27)78-5)89-56-52(45(70)43(68)37(83-56)23-80-38(63)12-9-26-16-30(75-2)41(66)31(17-26)76-3)87-55-48(73)46(71)50(35(21-59)82-55)86-54-47(72)44(69)42(67)34(20-58)81-54/h7-19,34-37,42-48,50-56,58-62,66-73H,20-24H2,1-6H3/b12-9+,13-8+,14-10+/t34-,35-,36-,37-,42-,43-,44+,45+,46-,47-,48-,50-,51-,52-,53+,54+,55+,56-,57+/m1/s1. The maximum absolute atomic E-state index is 14.1. The highest BCUT2D eigenvalue weighted by atomic mass is 16.8. The van der Waals surface area contributed by atoms with Gasteiger partial charge in [-0.15, -0.1) is 0 Å². The van der Waals surface area contributed by atoms with Crippen molar-refractivity contribution < 1.29 is 157 Å².